The van der Waals surface area contributed by atoms with Crippen molar-refractivity contribution in [1.29, 1.82) is 0 Å². The molecule has 0 aliphatic carbocycles. The second kappa shape index (κ2) is 5.48. The van der Waals surface area contributed by atoms with Gasteiger partial charge in [-0.3, -0.25) is 4.79 Å². The van der Waals surface area contributed by atoms with Crippen molar-refractivity contribution in [3.8, 4) is 11.5 Å². The zero-order valence-electron chi connectivity index (χ0n) is 11.8. The number of rotatable bonds is 1. The average Bonchev–Trinajstić information content (AvgIpc) is 3.01. The molecular weight excluding hydrogens is 322 g/mol. The number of ether oxygens (including phenoxy) is 2. The van der Waals surface area contributed by atoms with E-state index in [1.807, 2.05) is 4.90 Å². The first-order valence-corrected chi connectivity index (χ1v) is 8.42. The molecule has 0 saturated carbocycles. The minimum Gasteiger partial charge on any atom is -0.486 e. The van der Waals surface area contributed by atoms with Gasteiger partial charge in [0, 0.05) is 23.5 Å². The summed E-state index contributed by atoms with van der Waals surface area (Å²) in [7, 11) is 0. The van der Waals surface area contributed by atoms with Crippen molar-refractivity contribution in [3.05, 3.63) is 44.6 Å². The fourth-order valence-electron chi connectivity index (χ4n) is 2.84. The number of hydrogen-bond donors (Lipinski definition) is 0. The molecule has 0 unspecified atom stereocenters. The predicted molar refractivity (Wildman–Crippen MR) is 85.2 cm³/mol. The zero-order valence-corrected chi connectivity index (χ0v) is 13.4. The fraction of sp³-hybridized carbons (Fsp3) is 0.312. The smallest absolute Gasteiger partial charge is 0.254 e. The minimum atomic E-state index is -0.0178. The van der Waals surface area contributed by atoms with E-state index in [1.54, 1.807) is 23.5 Å². The highest BCUT2D eigenvalue weighted by atomic mass is 35.5. The van der Waals surface area contributed by atoms with Crippen molar-refractivity contribution < 1.29 is 14.3 Å². The van der Waals surface area contributed by atoms with Gasteiger partial charge in [0.25, 0.3) is 5.91 Å². The molecule has 1 aromatic carbocycles. The summed E-state index contributed by atoms with van der Waals surface area (Å²) in [5.74, 6) is 1.06. The van der Waals surface area contributed by atoms with Gasteiger partial charge in [0.2, 0.25) is 0 Å². The third kappa shape index (κ3) is 2.34. The van der Waals surface area contributed by atoms with Gasteiger partial charge in [-0.1, -0.05) is 11.6 Å². The molecule has 4 rings (SSSR count). The quantitative estimate of drug-likeness (QED) is 0.802. The number of amides is 1. The van der Waals surface area contributed by atoms with E-state index in [2.05, 4.69) is 11.4 Å². The third-order valence-corrected chi connectivity index (χ3v) is 5.24. The second-order valence-corrected chi connectivity index (χ2v) is 6.74. The number of benzene rings is 1. The lowest BCUT2D eigenvalue weighted by atomic mass is 10.1. The molecular formula is C16H14ClNO3S. The Balaban J connectivity index is 1.62. The predicted octanol–water partition coefficient (Wildman–Crippen LogP) is 3.37. The molecule has 22 heavy (non-hydrogen) atoms. The summed E-state index contributed by atoms with van der Waals surface area (Å²) in [6.07, 6.45) is 0.914. The van der Waals surface area contributed by atoms with Crippen LogP contribution in [0.2, 0.25) is 5.02 Å². The molecule has 6 heteroatoms. The number of carbonyl (C=O) groups is 1. The van der Waals surface area contributed by atoms with Gasteiger partial charge in [0.1, 0.15) is 13.2 Å². The molecule has 0 N–H and O–H groups in total. The van der Waals surface area contributed by atoms with Gasteiger partial charge in [0.05, 0.1) is 5.02 Å². The Morgan fingerprint density at radius 3 is 3.05 bits per heavy atom. The van der Waals surface area contributed by atoms with Gasteiger partial charge in [0.15, 0.2) is 11.5 Å². The Labute approximate surface area is 137 Å². The summed E-state index contributed by atoms with van der Waals surface area (Å²) in [6.45, 7) is 2.35. The Kier molecular flexibility index (Phi) is 3.47. The lowest BCUT2D eigenvalue weighted by Gasteiger charge is -2.28. The highest BCUT2D eigenvalue weighted by Gasteiger charge is 2.25. The van der Waals surface area contributed by atoms with Crippen LogP contribution in [-0.2, 0) is 13.0 Å². The van der Waals surface area contributed by atoms with Crippen molar-refractivity contribution >= 4 is 28.8 Å². The van der Waals surface area contributed by atoms with Crippen LogP contribution < -0.4 is 9.47 Å². The van der Waals surface area contributed by atoms with Crippen LogP contribution in [0.3, 0.4) is 0 Å². The van der Waals surface area contributed by atoms with E-state index < -0.39 is 0 Å². The Morgan fingerprint density at radius 1 is 1.27 bits per heavy atom. The Bertz CT molecular complexity index is 743. The third-order valence-electron chi connectivity index (χ3n) is 3.94. The molecule has 2 aliphatic rings. The van der Waals surface area contributed by atoms with Gasteiger partial charge in [-0.05, 0) is 35.6 Å². The first-order chi connectivity index (χ1) is 10.7. The molecule has 1 aromatic heterocycles. The SMILES string of the molecule is O=C(c1cc(Cl)c2c(c1)OCCO2)N1CCc2sccc2C1. The summed E-state index contributed by atoms with van der Waals surface area (Å²) < 4.78 is 11.0. The van der Waals surface area contributed by atoms with Crippen molar-refractivity contribution in [2.75, 3.05) is 19.8 Å². The molecule has 4 nitrogen and oxygen atoms in total. The highest BCUT2D eigenvalue weighted by molar-refractivity contribution is 7.10. The monoisotopic (exact) mass is 335 g/mol. The molecule has 0 bridgehead atoms. The van der Waals surface area contributed by atoms with Crippen LogP contribution in [0.4, 0.5) is 0 Å². The highest BCUT2D eigenvalue weighted by Crippen LogP contribution is 2.38. The molecule has 0 spiro atoms. The first-order valence-electron chi connectivity index (χ1n) is 7.16. The summed E-state index contributed by atoms with van der Waals surface area (Å²) in [4.78, 5) is 16.0. The van der Waals surface area contributed by atoms with Crippen LogP contribution in [0.1, 0.15) is 20.8 Å². The van der Waals surface area contributed by atoms with E-state index in [0.717, 1.165) is 13.0 Å². The molecule has 0 atom stereocenters. The lowest BCUT2D eigenvalue weighted by molar-refractivity contribution is 0.0734. The maximum atomic E-state index is 12.7. The fourth-order valence-corrected chi connectivity index (χ4v) is 3.99. The summed E-state index contributed by atoms with van der Waals surface area (Å²) in [5, 5.41) is 2.51. The van der Waals surface area contributed by atoms with Crippen LogP contribution >= 0.6 is 22.9 Å². The van der Waals surface area contributed by atoms with Crippen LogP contribution in [0.15, 0.2) is 23.6 Å². The average molecular weight is 336 g/mol. The van der Waals surface area contributed by atoms with Gasteiger partial charge in [-0.25, -0.2) is 0 Å². The number of thiophene rings is 1. The molecule has 0 fully saturated rings. The molecule has 1 amide bonds. The molecule has 114 valence electrons. The zero-order chi connectivity index (χ0) is 15.1. The van der Waals surface area contributed by atoms with E-state index in [-0.39, 0.29) is 5.91 Å². The summed E-state index contributed by atoms with van der Waals surface area (Å²) in [6, 6.07) is 5.49. The van der Waals surface area contributed by atoms with E-state index in [0.29, 0.717) is 41.8 Å². The topological polar surface area (TPSA) is 38.8 Å². The molecule has 0 radical (unpaired) electrons. The number of hydrogen-bond acceptors (Lipinski definition) is 4. The Hall–Kier alpha value is -1.72. The first kappa shape index (κ1) is 13.9. The number of halogens is 1. The molecule has 2 aliphatic heterocycles. The second-order valence-electron chi connectivity index (χ2n) is 5.33. The number of carbonyl (C=O) groups excluding carboxylic acids is 1. The van der Waals surface area contributed by atoms with Gasteiger partial charge >= 0.3 is 0 Å². The van der Waals surface area contributed by atoms with Crippen molar-refractivity contribution in [2.24, 2.45) is 0 Å². The van der Waals surface area contributed by atoms with E-state index in [1.165, 1.54) is 10.4 Å². The lowest BCUT2D eigenvalue weighted by Crippen LogP contribution is -2.35. The standard InChI is InChI=1S/C16H14ClNO3S/c17-12-7-11(8-13-15(12)21-5-4-20-13)16(19)18-3-1-14-10(9-18)2-6-22-14/h2,6-8H,1,3-5,9H2. The van der Waals surface area contributed by atoms with Crippen molar-refractivity contribution in [2.45, 2.75) is 13.0 Å². The summed E-state index contributed by atoms with van der Waals surface area (Å²) >= 11 is 7.98. The minimum absolute atomic E-state index is 0.0178. The molecule has 0 saturated heterocycles. The van der Waals surface area contributed by atoms with Crippen molar-refractivity contribution in [1.82, 2.24) is 4.90 Å². The van der Waals surface area contributed by atoms with Crippen LogP contribution in [0, 0.1) is 0 Å². The normalized spacial score (nSPS) is 16.3. The maximum absolute atomic E-state index is 12.7. The molecule has 2 aromatic rings. The number of fused-ring (bicyclic) bond motifs is 2. The van der Waals surface area contributed by atoms with Gasteiger partial charge < -0.3 is 14.4 Å². The maximum Gasteiger partial charge on any atom is 0.254 e. The van der Waals surface area contributed by atoms with E-state index >= 15 is 0 Å². The van der Waals surface area contributed by atoms with Crippen molar-refractivity contribution in [3.63, 3.8) is 0 Å². The number of nitrogens with zero attached hydrogens (tertiary/aromatic N) is 1. The van der Waals surface area contributed by atoms with Crippen LogP contribution in [-0.4, -0.2) is 30.6 Å². The Morgan fingerprint density at radius 2 is 2.14 bits per heavy atom. The van der Waals surface area contributed by atoms with Crippen LogP contribution in [0.25, 0.3) is 0 Å². The van der Waals surface area contributed by atoms with E-state index in [9.17, 15) is 4.79 Å². The van der Waals surface area contributed by atoms with Crippen LogP contribution in [0.5, 0.6) is 11.5 Å². The summed E-state index contributed by atoms with van der Waals surface area (Å²) in [5.41, 5.74) is 1.79. The molecule has 3 heterocycles. The van der Waals surface area contributed by atoms with E-state index in [4.69, 9.17) is 21.1 Å². The largest absolute Gasteiger partial charge is 0.486 e. The van der Waals surface area contributed by atoms with Gasteiger partial charge in [-0.15, -0.1) is 11.3 Å². The van der Waals surface area contributed by atoms with Gasteiger partial charge in [-0.2, -0.15) is 0 Å².